The summed E-state index contributed by atoms with van der Waals surface area (Å²) >= 11 is 0. The van der Waals surface area contributed by atoms with Gasteiger partial charge < -0.3 is 4.74 Å². The first-order valence-corrected chi connectivity index (χ1v) is 7.73. The number of aromatic nitrogens is 1. The van der Waals surface area contributed by atoms with E-state index in [0.29, 0.717) is 5.39 Å². The Hall–Kier alpha value is -1.56. The normalized spacial score (nSPS) is 17.2. The van der Waals surface area contributed by atoms with Crippen molar-refractivity contribution in [1.82, 2.24) is 14.8 Å². The van der Waals surface area contributed by atoms with Gasteiger partial charge in [-0.15, -0.1) is 0 Å². The summed E-state index contributed by atoms with van der Waals surface area (Å²) in [5, 5.41) is 0.610. The number of hydrogen-bond donors (Lipinski definition) is 0. The molecule has 1 aromatic carbocycles. The molecule has 5 heteroatoms. The summed E-state index contributed by atoms with van der Waals surface area (Å²) in [5.41, 5.74) is 1.88. The van der Waals surface area contributed by atoms with Gasteiger partial charge in [-0.3, -0.25) is 14.8 Å². The third-order valence-electron chi connectivity index (χ3n) is 4.27. The lowest BCUT2D eigenvalue weighted by atomic mass is 10.1. The van der Waals surface area contributed by atoms with Crippen LogP contribution in [0.5, 0.6) is 0 Å². The lowest BCUT2D eigenvalue weighted by Gasteiger charge is -2.34. The van der Waals surface area contributed by atoms with E-state index in [1.165, 1.54) is 0 Å². The van der Waals surface area contributed by atoms with Crippen LogP contribution >= 0.6 is 0 Å². The van der Waals surface area contributed by atoms with Gasteiger partial charge in [0.15, 0.2) is 0 Å². The summed E-state index contributed by atoms with van der Waals surface area (Å²) in [4.78, 5) is 9.19. The van der Waals surface area contributed by atoms with Gasteiger partial charge in [-0.05, 0) is 23.8 Å². The van der Waals surface area contributed by atoms with Gasteiger partial charge in [-0.25, -0.2) is 4.39 Å². The Balaban J connectivity index is 1.66. The number of benzene rings is 1. The van der Waals surface area contributed by atoms with Crippen molar-refractivity contribution in [2.24, 2.45) is 0 Å². The molecule has 22 heavy (non-hydrogen) atoms. The average Bonchev–Trinajstić information content (AvgIpc) is 2.57. The zero-order valence-electron chi connectivity index (χ0n) is 13.0. The summed E-state index contributed by atoms with van der Waals surface area (Å²) < 4.78 is 19.0. The Morgan fingerprint density at radius 1 is 1.14 bits per heavy atom. The lowest BCUT2D eigenvalue weighted by molar-refractivity contribution is 0.0940. The molecule has 0 N–H and O–H groups in total. The van der Waals surface area contributed by atoms with Gasteiger partial charge in [0.2, 0.25) is 0 Å². The van der Waals surface area contributed by atoms with Crippen LogP contribution in [0.3, 0.4) is 0 Å². The van der Waals surface area contributed by atoms with E-state index in [-0.39, 0.29) is 5.82 Å². The van der Waals surface area contributed by atoms with Crippen LogP contribution in [-0.4, -0.2) is 61.2 Å². The van der Waals surface area contributed by atoms with Crippen LogP contribution in [0.15, 0.2) is 30.5 Å². The maximum absolute atomic E-state index is 13.8. The number of piperazine rings is 1. The molecule has 0 bridgehead atoms. The van der Waals surface area contributed by atoms with E-state index in [1.54, 1.807) is 31.5 Å². The largest absolute Gasteiger partial charge is 0.383 e. The zero-order valence-corrected chi connectivity index (χ0v) is 13.0. The van der Waals surface area contributed by atoms with Crippen molar-refractivity contribution in [1.29, 1.82) is 0 Å². The van der Waals surface area contributed by atoms with Gasteiger partial charge in [-0.2, -0.15) is 0 Å². The molecule has 2 aromatic rings. The summed E-state index contributed by atoms with van der Waals surface area (Å²) in [6.45, 7) is 6.75. The summed E-state index contributed by atoms with van der Waals surface area (Å²) in [7, 11) is 1.74. The van der Waals surface area contributed by atoms with Crippen LogP contribution in [-0.2, 0) is 11.3 Å². The van der Waals surface area contributed by atoms with Gasteiger partial charge in [0.25, 0.3) is 0 Å². The second kappa shape index (κ2) is 7.13. The van der Waals surface area contributed by atoms with E-state index in [9.17, 15) is 4.39 Å². The van der Waals surface area contributed by atoms with E-state index < -0.39 is 0 Å². The van der Waals surface area contributed by atoms with Crippen molar-refractivity contribution >= 4 is 10.9 Å². The van der Waals surface area contributed by atoms with E-state index >= 15 is 0 Å². The average molecular weight is 303 g/mol. The van der Waals surface area contributed by atoms with E-state index in [4.69, 9.17) is 4.74 Å². The fraction of sp³-hybridized carbons (Fsp3) is 0.471. The molecule has 2 heterocycles. The highest BCUT2D eigenvalue weighted by Gasteiger charge is 2.18. The molecule has 3 rings (SSSR count). The van der Waals surface area contributed by atoms with Crippen molar-refractivity contribution in [2.75, 3.05) is 46.4 Å². The molecule has 1 fully saturated rings. The summed E-state index contributed by atoms with van der Waals surface area (Å²) in [6.07, 6.45) is 1.73. The standard InChI is InChI=1S/C17H22FN3O/c1-22-12-11-20-7-9-21(10-8-20)13-14-4-5-16(18)15-3-2-6-19-17(14)15/h2-6H,7-13H2,1H3. The second-order valence-corrected chi connectivity index (χ2v) is 5.72. The molecular weight excluding hydrogens is 281 g/mol. The Bertz CT molecular complexity index is 626. The number of nitrogens with zero attached hydrogens (tertiary/aromatic N) is 3. The number of halogens is 1. The third kappa shape index (κ3) is 3.43. The van der Waals surface area contributed by atoms with Crippen molar-refractivity contribution < 1.29 is 9.13 Å². The monoisotopic (exact) mass is 303 g/mol. The van der Waals surface area contributed by atoms with Crippen LogP contribution in [0.1, 0.15) is 5.56 Å². The predicted octanol–water partition coefficient (Wildman–Crippen LogP) is 2.14. The maximum Gasteiger partial charge on any atom is 0.132 e. The quantitative estimate of drug-likeness (QED) is 0.846. The number of rotatable bonds is 5. The van der Waals surface area contributed by atoms with E-state index in [1.807, 2.05) is 6.07 Å². The fourth-order valence-corrected chi connectivity index (χ4v) is 2.96. The summed E-state index contributed by atoms with van der Waals surface area (Å²) in [6, 6.07) is 6.99. The highest BCUT2D eigenvalue weighted by molar-refractivity contribution is 5.82. The number of ether oxygens (including phenoxy) is 1. The molecule has 0 unspecified atom stereocenters. The van der Waals surface area contributed by atoms with Crippen LogP contribution in [0.2, 0.25) is 0 Å². The predicted molar refractivity (Wildman–Crippen MR) is 85.3 cm³/mol. The highest BCUT2D eigenvalue weighted by Crippen LogP contribution is 2.21. The van der Waals surface area contributed by atoms with E-state index in [0.717, 1.165) is 57.0 Å². The van der Waals surface area contributed by atoms with E-state index in [2.05, 4.69) is 14.8 Å². The van der Waals surface area contributed by atoms with Crippen molar-refractivity contribution in [3.63, 3.8) is 0 Å². The molecular formula is C17H22FN3O. The first kappa shape index (κ1) is 15.3. The molecule has 1 aliphatic rings. The summed E-state index contributed by atoms with van der Waals surface area (Å²) in [5.74, 6) is -0.198. The highest BCUT2D eigenvalue weighted by atomic mass is 19.1. The zero-order chi connectivity index (χ0) is 15.4. The third-order valence-corrected chi connectivity index (χ3v) is 4.27. The van der Waals surface area contributed by atoms with Crippen molar-refractivity contribution in [3.8, 4) is 0 Å². The Morgan fingerprint density at radius 2 is 1.91 bits per heavy atom. The number of hydrogen-bond acceptors (Lipinski definition) is 4. The van der Waals surface area contributed by atoms with Gasteiger partial charge in [0.1, 0.15) is 5.82 Å². The van der Waals surface area contributed by atoms with Crippen LogP contribution in [0.4, 0.5) is 4.39 Å². The van der Waals surface area contributed by atoms with Crippen molar-refractivity contribution in [2.45, 2.75) is 6.54 Å². The Labute approximate surface area is 130 Å². The second-order valence-electron chi connectivity index (χ2n) is 5.72. The van der Waals surface area contributed by atoms with Gasteiger partial charge in [0.05, 0.1) is 12.1 Å². The minimum atomic E-state index is -0.198. The SMILES string of the molecule is COCCN1CCN(Cc2ccc(F)c3cccnc23)CC1. The van der Waals surface area contributed by atoms with Gasteiger partial charge in [0, 0.05) is 58.0 Å². The lowest BCUT2D eigenvalue weighted by Crippen LogP contribution is -2.46. The molecule has 0 radical (unpaired) electrons. The topological polar surface area (TPSA) is 28.6 Å². The first-order valence-electron chi connectivity index (χ1n) is 7.73. The molecule has 1 aromatic heterocycles. The molecule has 0 aliphatic carbocycles. The Morgan fingerprint density at radius 3 is 2.68 bits per heavy atom. The van der Waals surface area contributed by atoms with Gasteiger partial charge >= 0.3 is 0 Å². The minimum absolute atomic E-state index is 0.198. The molecule has 0 spiro atoms. The first-order chi connectivity index (χ1) is 10.8. The number of pyridine rings is 1. The fourth-order valence-electron chi connectivity index (χ4n) is 2.96. The molecule has 0 atom stereocenters. The molecule has 0 amide bonds. The molecule has 4 nitrogen and oxygen atoms in total. The van der Waals surface area contributed by atoms with Crippen LogP contribution in [0, 0.1) is 5.82 Å². The maximum atomic E-state index is 13.8. The number of methoxy groups -OCH3 is 1. The molecule has 118 valence electrons. The molecule has 1 aliphatic heterocycles. The van der Waals surface area contributed by atoms with Crippen LogP contribution in [0.25, 0.3) is 10.9 Å². The van der Waals surface area contributed by atoms with Crippen molar-refractivity contribution in [3.05, 3.63) is 41.8 Å². The van der Waals surface area contributed by atoms with Crippen LogP contribution < -0.4 is 0 Å². The smallest absolute Gasteiger partial charge is 0.132 e. The van der Waals surface area contributed by atoms with Gasteiger partial charge in [-0.1, -0.05) is 6.07 Å². The molecule has 1 saturated heterocycles. The minimum Gasteiger partial charge on any atom is -0.383 e. The molecule has 0 saturated carbocycles. The Kier molecular flexibility index (Phi) is 4.97. The number of fused-ring (bicyclic) bond motifs is 1.